The second-order valence-electron chi connectivity index (χ2n) is 4.53. The molecular weight excluding hydrogens is 301 g/mol. The fourth-order valence-corrected chi connectivity index (χ4v) is 13.1. The first-order chi connectivity index (χ1) is 7.77. The fourth-order valence-electron chi connectivity index (χ4n) is 2.76. The second-order valence-corrected chi connectivity index (χ2v) is 18.9. The van der Waals surface area contributed by atoms with E-state index in [0.29, 0.717) is 0 Å². The van der Waals surface area contributed by atoms with Crippen molar-refractivity contribution in [3.05, 3.63) is 36.5 Å². The summed E-state index contributed by atoms with van der Waals surface area (Å²) in [4.78, 5) is 0. The van der Waals surface area contributed by atoms with Crippen LogP contribution in [0.15, 0.2) is 36.5 Å². The Bertz CT molecular complexity index is 460. The van der Waals surface area contributed by atoms with Crippen molar-refractivity contribution >= 4 is 29.6 Å². The zero-order valence-corrected chi connectivity index (χ0v) is 13.4. The molecular formula is C14H21NSn. The molecule has 0 saturated carbocycles. The molecule has 0 unspecified atom stereocenters. The van der Waals surface area contributed by atoms with Crippen LogP contribution in [-0.4, -0.2) is 21.4 Å². The van der Waals surface area contributed by atoms with Gasteiger partial charge in [-0.15, -0.1) is 0 Å². The minimum atomic E-state index is -2.10. The molecule has 2 heteroatoms. The van der Waals surface area contributed by atoms with Gasteiger partial charge in [0.1, 0.15) is 0 Å². The van der Waals surface area contributed by atoms with Gasteiger partial charge in [-0.1, -0.05) is 0 Å². The zero-order chi connectivity index (χ0) is 11.6. The van der Waals surface area contributed by atoms with Crippen molar-refractivity contribution in [2.24, 2.45) is 0 Å². The molecule has 0 radical (unpaired) electrons. The van der Waals surface area contributed by atoms with Crippen molar-refractivity contribution < 1.29 is 0 Å². The number of hydrogen-bond acceptors (Lipinski definition) is 0. The first-order valence-electron chi connectivity index (χ1n) is 6.34. The number of fused-ring (bicyclic) bond motifs is 1. The summed E-state index contributed by atoms with van der Waals surface area (Å²) in [5, 5.41) is 1.40. The molecule has 1 aromatic carbocycles. The molecule has 86 valence electrons. The van der Waals surface area contributed by atoms with Crippen LogP contribution in [0.3, 0.4) is 0 Å². The summed E-state index contributed by atoms with van der Waals surface area (Å²) in [6.45, 7) is 7.16. The molecule has 0 aliphatic heterocycles. The normalized spacial score (nSPS) is 12.2. The molecule has 0 bridgehead atoms. The van der Waals surface area contributed by atoms with Gasteiger partial charge in [0.15, 0.2) is 0 Å². The molecule has 0 atom stereocenters. The van der Waals surface area contributed by atoms with E-state index in [4.69, 9.17) is 0 Å². The number of nitrogens with zero attached hydrogens (tertiary/aromatic N) is 1. The molecule has 0 amide bonds. The van der Waals surface area contributed by atoms with Crippen molar-refractivity contribution in [1.29, 1.82) is 0 Å². The van der Waals surface area contributed by atoms with Crippen molar-refractivity contribution in [3.63, 3.8) is 0 Å². The molecule has 0 saturated heterocycles. The van der Waals surface area contributed by atoms with Gasteiger partial charge in [0.2, 0.25) is 0 Å². The molecule has 1 heterocycles. The Labute approximate surface area is 103 Å². The van der Waals surface area contributed by atoms with Crippen molar-refractivity contribution in [2.75, 3.05) is 0 Å². The Morgan fingerprint density at radius 3 is 2.19 bits per heavy atom. The van der Waals surface area contributed by atoms with Gasteiger partial charge in [-0.3, -0.25) is 0 Å². The summed E-state index contributed by atoms with van der Waals surface area (Å²) < 4.78 is 6.89. The van der Waals surface area contributed by atoms with E-state index in [1.54, 1.807) is 0 Å². The molecule has 0 N–H and O–H groups in total. The van der Waals surface area contributed by atoms with Crippen LogP contribution < -0.4 is 0 Å². The van der Waals surface area contributed by atoms with Crippen LogP contribution in [0.25, 0.3) is 10.9 Å². The van der Waals surface area contributed by atoms with Crippen LogP contribution >= 0.6 is 0 Å². The Morgan fingerprint density at radius 1 is 0.938 bits per heavy atom. The van der Waals surface area contributed by atoms with E-state index in [1.165, 1.54) is 24.2 Å². The summed E-state index contributed by atoms with van der Waals surface area (Å²) in [5.74, 6) is 0. The first-order valence-corrected chi connectivity index (χ1v) is 13.7. The van der Waals surface area contributed by atoms with E-state index in [0.717, 1.165) is 0 Å². The third kappa shape index (κ3) is 1.79. The van der Waals surface area contributed by atoms with Gasteiger partial charge in [-0.2, -0.15) is 0 Å². The van der Waals surface area contributed by atoms with Gasteiger partial charge in [-0.25, -0.2) is 0 Å². The maximum absolute atomic E-state index is 2.68. The summed E-state index contributed by atoms with van der Waals surface area (Å²) in [6, 6.07) is 11.1. The fraction of sp³-hybridized carbons (Fsp3) is 0.429. The molecule has 0 spiro atoms. The number of benzene rings is 1. The predicted octanol–water partition coefficient (Wildman–Crippen LogP) is 4.49. The third-order valence-electron chi connectivity index (χ3n) is 4.08. The van der Waals surface area contributed by atoms with E-state index in [2.05, 4.69) is 60.1 Å². The minimum absolute atomic E-state index is 1.40. The summed E-state index contributed by atoms with van der Waals surface area (Å²) in [6.07, 6.45) is 2.34. The van der Waals surface area contributed by atoms with Crippen LogP contribution in [0.2, 0.25) is 13.3 Å². The van der Waals surface area contributed by atoms with Crippen molar-refractivity contribution in [3.8, 4) is 0 Å². The number of para-hydroxylation sites is 1. The zero-order valence-electron chi connectivity index (χ0n) is 10.5. The van der Waals surface area contributed by atoms with E-state index in [-0.39, 0.29) is 0 Å². The van der Waals surface area contributed by atoms with E-state index < -0.39 is 18.7 Å². The van der Waals surface area contributed by atoms with Crippen LogP contribution in [0.5, 0.6) is 0 Å². The third-order valence-corrected chi connectivity index (χ3v) is 19.4. The first kappa shape index (κ1) is 12.0. The Kier molecular flexibility index (Phi) is 3.62. The van der Waals surface area contributed by atoms with Crippen molar-refractivity contribution in [1.82, 2.24) is 2.79 Å². The molecule has 16 heavy (non-hydrogen) atoms. The summed E-state index contributed by atoms with van der Waals surface area (Å²) in [7, 11) is 0. The van der Waals surface area contributed by atoms with E-state index in [9.17, 15) is 0 Å². The van der Waals surface area contributed by atoms with Gasteiger partial charge in [-0.05, 0) is 0 Å². The average molecular weight is 322 g/mol. The van der Waals surface area contributed by atoms with Crippen LogP contribution in [0, 0.1) is 0 Å². The van der Waals surface area contributed by atoms with Gasteiger partial charge in [0.25, 0.3) is 0 Å². The van der Waals surface area contributed by atoms with Crippen LogP contribution in [0.4, 0.5) is 0 Å². The van der Waals surface area contributed by atoms with Crippen LogP contribution in [0.1, 0.15) is 20.8 Å². The summed E-state index contributed by atoms with van der Waals surface area (Å²) >= 11 is -2.10. The van der Waals surface area contributed by atoms with Gasteiger partial charge < -0.3 is 0 Å². The van der Waals surface area contributed by atoms with Gasteiger partial charge in [0, 0.05) is 0 Å². The monoisotopic (exact) mass is 323 g/mol. The van der Waals surface area contributed by atoms with Gasteiger partial charge in [0.05, 0.1) is 0 Å². The summed E-state index contributed by atoms with van der Waals surface area (Å²) in [5.41, 5.74) is 1.46. The molecule has 1 aromatic heterocycles. The van der Waals surface area contributed by atoms with Crippen molar-refractivity contribution in [2.45, 2.75) is 34.1 Å². The SMILES string of the molecule is C[CH2][Sn]([CH2]C)([CH2]C)[n]1ccc2ccccc21. The predicted molar refractivity (Wildman–Crippen MR) is 74.5 cm³/mol. The number of hydrogen-bond donors (Lipinski definition) is 0. The Balaban J connectivity index is 2.61. The Morgan fingerprint density at radius 2 is 1.56 bits per heavy atom. The molecule has 0 aliphatic carbocycles. The molecule has 1 nitrogen and oxygen atoms in total. The topological polar surface area (TPSA) is 4.93 Å². The van der Waals surface area contributed by atoms with Crippen LogP contribution in [-0.2, 0) is 0 Å². The number of aromatic nitrogens is 1. The molecule has 2 aromatic rings. The van der Waals surface area contributed by atoms with E-state index in [1.807, 2.05) is 0 Å². The Hall–Kier alpha value is -0.441. The van der Waals surface area contributed by atoms with Gasteiger partial charge >= 0.3 is 103 Å². The van der Waals surface area contributed by atoms with E-state index >= 15 is 0 Å². The second kappa shape index (κ2) is 4.82. The maximum atomic E-state index is 2.68. The number of rotatable bonds is 4. The quantitative estimate of drug-likeness (QED) is 0.731. The molecule has 2 rings (SSSR count). The molecule has 0 fully saturated rings. The standard InChI is InChI=1S/C8H6N.3C2H5.Sn/c1-2-4-8-7(3-1)5-6-9-8;3*1-2;/h1-6H;3*1H2,2H3;/q-1;;;;+1. The average Bonchev–Trinajstić information content (AvgIpc) is 2.77. The molecule has 0 aliphatic rings.